The van der Waals surface area contributed by atoms with E-state index in [0.717, 1.165) is 30.5 Å². The second kappa shape index (κ2) is 4.64. The second-order valence-corrected chi connectivity index (χ2v) is 5.16. The summed E-state index contributed by atoms with van der Waals surface area (Å²) in [5.74, 6) is 0. The number of rotatable bonds is 2. The summed E-state index contributed by atoms with van der Waals surface area (Å²) in [6, 6.07) is 6.38. The fraction of sp³-hybridized carbons (Fsp3) is 0.500. The van der Waals surface area contributed by atoms with Gasteiger partial charge in [-0.25, -0.2) is 0 Å². The Kier molecular flexibility index (Phi) is 3.44. The zero-order valence-corrected chi connectivity index (χ0v) is 10.5. The van der Waals surface area contributed by atoms with Crippen LogP contribution in [0.2, 0.25) is 0 Å². The van der Waals surface area contributed by atoms with Crippen molar-refractivity contribution in [2.24, 2.45) is 0 Å². The van der Waals surface area contributed by atoms with E-state index in [9.17, 15) is 5.11 Å². The summed E-state index contributed by atoms with van der Waals surface area (Å²) in [6.45, 7) is 4.91. The zero-order valence-electron chi connectivity index (χ0n) is 8.91. The van der Waals surface area contributed by atoms with Gasteiger partial charge in [-0.05, 0) is 36.6 Å². The molecule has 1 fully saturated rings. The van der Waals surface area contributed by atoms with E-state index in [2.05, 4.69) is 46.0 Å². The largest absolute Gasteiger partial charge is 0.392 e. The van der Waals surface area contributed by atoms with Gasteiger partial charge in [0.25, 0.3) is 0 Å². The molecule has 0 aliphatic carbocycles. The molecule has 1 aliphatic rings. The van der Waals surface area contributed by atoms with E-state index < -0.39 is 0 Å². The van der Waals surface area contributed by atoms with Gasteiger partial charge in [-0.2, -0.15) is 0 Å². The van der Waals surface area contributed by atoms with Gasteiger partial charge in [0.2, 0.25) is 0 Å². The van der Waals surface area contributed by atoms with Crippen LogP contribution >= 0.6 is 15.9 Å². The number of hydrogen-bond acceptors (Lipinski definition) is 2. The molecule has 2 nitrogen and oxygen atoms in total. The molecule has 1 atom stereocenters. The zero-order chi connectivity index (χ0) is 10.8. The summed E-state index contributed by atoms with van der Waals surface area (Å²) in [6.07, 6.45) is 0.788. The van der Waals surface area contributed by atoms with Crippen molar-refractivity contribution in [2.45, 2.75) is 26.0 Å². The summed E-state index contributed by atoms with van der Waals surface area (Å²) in [4.78, 5) is 2.31. The topological polar surface area (TPSA) is 23.5 Å². The van der Waals surface area contributed by atoms with Crippen molar-refractivity contribution in [2.75, 3.05) is 13.1 Å². The Bertz CT molecular complexity index is 353. The molecule has 1 aliphatic heterocycles. The van der Waals surface area contributed by atoms with E-state index in [1.807, 2.05) is 0 Å². The van der Waals surface area contributed by atoms with Crippen molar-refractivity contribution in [3.05, 3.63) is 33.8 Å². The molecular weight excluding hydrogens is 254 g/mol. The fourth-order valence-corrected chi connectivity index (χ4v) is 2.51. The first-order chi connectivity index (χ1) is 7.15. The van der Waals surface area contributed by atoms with E-state index in [1.165, 1.54) is 11.1 Å². The quantitative estimate of drug-likeness (QED) is 0.891. The Morgan fingerprint density at radius 3 is 2.93 bits per heavy atom. The van der Waals surface area contributed by atoms with Gasteiger partial charge in [0.05, 0.1) is 6.10 Å². The standard InChI is InChI=1S/C12H16BrNO/c1-9-6-11(13)3-2-10(9)7-14-5-4-12(15)8-14/h2-3,6,12,15H,4-5,7-8H2,1H3/t12-/m1/s1. The number of halogens is 1. The average Bonchev–Trinajstić information content (AvgIpc) is 2.56. The Morgan fingerprint density at radius 1 is 1.53 bits per heavy atom. The third kappa shape index (κ3) is 2.80. The number of aliphatic hydroxyl groups excluding tert-OH is 1. The van der Waals surface area contributed by atoms with Crippen molar-refractivity contribution in [1.82, 2.24) is 4.90 Å². The van der Waals surface area contributed by atoms with Gasteiger partial charge in [0.1, 0.15) is 0 Å². The molecule has 0 amide bonds. The maximum atomic E-state index is 9.44. The highest BCUT2D eigenvalue weighted by Crippen LogP contribution is 2.19. The van der Waals surface area contributed by atoms with Crippen molar-refractivity contribution in [3.63, 3.8) is 0 Å². The summed E-state index contributed by atoms with van der Waals surface area (Å²) < 4.78 is 1.13. The number of aliphatic hydroxyl groups is 1. The van der Waals surface area contributed by atoms with Crippen molar-refractivity contribution in [3.8, 4) is 0 Å². The predicted octanol–water partition coefficient (Wildman–Crippen LogP) is 2.32. The number of nitrogens with zero attached hydrogens (tertiary/aromatic N) is 1. The lowest BCUT2D eigenvalue weighted by atomic mass is 10.1. The Hall–Kier alpha value is -0.380. The van der Waals surface area contributed by atoms with Crippen LogP contribution in [0.25, 0.3) is 0 Å². The van der Waals surface area contributed by atoms with Crippen LogP contribution in [-0.4, -0.2) is 29.2 Å². The summed E-state index contributed by atoms with van der Waals surface area (Å²) >= 11 is 3.46. The Morgan fingerprint density at radius 2 is 2.33 bits per heavy atom. The molecular formula is C12H16BrNO. The molecule has 0 bridgehead atoms. The molecule has 15 heavy (non-hydrogen) atoms. The van der Waals surface area contributed by atoms with Crippen molar-refractivity contribution >= 4 is 15.9 Å². The van der Waals surface area contributed by atoms with Crippen LogP contribution in [0.5, 0.6) is 0 Å². The first-order valence-electron chi connectivity index (χ1n) is 5.30. The number of β-amino-alcohol motifs (C(OH)–C–C–N with tert-alkyl or cyclic N) is 1. The second-order valence-electron chi connectivity index (χ2n) is 4.25. The van der Waals surface area contributed by atoms with Gasteiger partial charge in [-0.1, -0.05) is 22.0 Å². The number of hydrogen-bond donors (Lipinski definition) is 1. The minimum atomic E-state index is -0.124. The van der Waals surface area contributed by atoms with Crippen LogP contribution in [0.15, 0.2) is 22.7 Å². The fourth-order valence-electron chi connectivity index (χ4n) is 2.03. The van der Waals surface area contributed by atoms with E-state index in [-0.39, 0.29) is 6.10 Å². The van der Waals surface area contributed by atoms with Crippen LogP contribution < -0.4 is 0 Å². The Labute approximate surface area is 99.0 Å². The van der Waals surface area contributed by atoms with E-state index in [0.29, 0.717) is 0 Å². The van der Waals surface area contributed by atoms with Crippen LogP contribution in [0, 0.1) is 6.92 Å². The molecule has 3 heteroatoms. The monoisotopic (exact) mass is 269 g/mol. The summed E-state index contributed by atoms with van der Waals surface area (Å²) in [5, 5.41) is 9.44. The molecule has 0 spiro atoms. The van der Waals surface area contributed by atoms with Crippen LogP contribution in [0.4, 0.5) is 0 Å². The van der Waals surface area contributed by atoms with Gasteiger partial charge >= 0.3 is 0 Å². The smallest absolute Gasteiger partial charge is 0.0679 e. The van der Waals surface area contributed by atoms with Crippen LogP contribution in [0.1, 0.15) is 17.5 Å². The van der Waals surface area contributed by atoms with Crippen molar-refractivity contribution in [1.29, 1.82) is 0 Å². The SMILES string of the molecule is Cc1cc(Br)ccc1CN1CC[C@@H](O)C1. The Balaban J connectivity index is 2.04. The highest BCUT2D eigenvalue weighted by molar-refractivity contribution is 9.10. The van der Waals surface area contributed by atoms with Crippen LogP contribution in [0.3, 0.4) is 0 Å². The van der Waals surface area contributed by atoms with E-state index >= 15 is 0 Å². The molecule has 1 saturated heterocycles. The minimum Gasteiger partial charge on any atom is -0.392 e. The van der Waals surface area contributed by atoms with E-state index in [1.54, 1.807) is 0 Å². The molecule has 0 saturated carbocycles. The van der Waals surface area contributed by atoms with Gasteiger partial charge in [-0.15, -0.1) is 0 Å². The highest BCUT2D eigenvalue weighted by Gasteiger charge is 2.20. The van der Waals surface area contributed by atoms with Gasteiger partial charge in [-0.3, -0.25) is 4.90 Å². The van der Waals surface area contributed by atoms with E-state index in [4.69, 9.17) is 0 Å². The number of likely N-dealkylation sites (tertiary alicyclic amines) is 1. The number of benzene rings is 1. The molecule has 2 rings (SSSR count). The molecule has 0 radical (unpaired) electrons. The first-order valence-corrected chi connectivity index (χ1v) is 6.10. The first kappa shape index (κ1) is 11.1. The predicted molar refractivity (Wildman–Crippen MR) is 64.8 cm³/mol. The van der Waals surface area contributed by atoms with Gasteiger partial charge in [0, 0.05) is 24.1 Å². The van der Waals surface area contributed by atoms with Crippen LogP contribution in [-0.2, 0) is 6.54 Å². The molecule has 1 N–H and O–H groups in total. The molecule has 1 heterocycles. The lowest BCUT2D eigenvalue weighted by Gasteiger charge is -2.16. The normalized spacial score (nSPS) is 22.2. The third-order valence-corrected chi connectivity index (χ3v) is 3.44. The lowest BCUT2D eigenvalue weighted by Crippen LogP contribution is -2.21. The van der Waals surface area contributed by atoms with Gasteiger partial charge in [0.15, 0.2) is 0 Å². The minimum absolute atomic E-state index is 0.124. The lowest BCUT2D eigenvalue weighted by molar-refractivity contribution is 0.174. The van der Waals surface area contributed by atoms with Gasteiger partial charge < -0.3 is 5.11 Å². The third-order valence-electron chi connectivity index (χ3n) is 2.95. The maximum Gasteiger partial charge on any atom is 0.0679 e. The molecule has 0 unspecified atom stereocenters. The molecule has 0 aromatic heterocycles. The molecule has 1 aromatic carbocycles. The summed E-state index contributed by atoms with van der Waals surface area (Å²) in [7, 11) is 0. The van der Waals surface area contributed by atoms with Crippen molar-refractivity contribution < 1.29 is 5.11 Å². The maximum absolute atomic E-state index is 9.44. The summed E-state index contributed by atoms with van der Waals surface area (Å²) in [5.41, 5.74) is 2.66. The highest BCUT2D eigenvalue weighted by atomic mass is 79.9. The number of aryl methyl sites for hydroxylation is 1. The average molecular weight is 270 g/mol. The molecule has 1 aromatic rings. The molecule has 82 valence electrons.